The van der Waals surface area contributed by atoms with Crippen LogP contribution in [-0.4, -0.2) is 38.2 Å². The molecule has 0 amide bonds. The first-order valence-electron chi connectivity index (χ1n) is 8.81. The van der Waals surface area contributed by atoms with E-state index in [1.165, 1.54) is 0 Å². The molecule has 1 fully saturated rings. The second kappa shape index (κ2) is 8.71. The van der Waals surface area contributed by atoms with Gasteiger partial charge in [-0.3, -0.25) is 4.79 Å². The molecule has 0 radical (unpaired) electrons. The highest BCUT2D eigenvalue weighted by Gasteiger charge is 2.16. The molecule has 2 aromatic rings. The number of benzene rings is 1. The van der Waals surface area contributed by atoms with Crippen LogP contribution in [0.2, 0.25) is 0 Å². The predicted molar refractivity (Wildman–Crippen MR) is 98.9 cm³/mol. The molecule has 0 unspecified atom stereocenters. The number of nitrogens with zero attached hydrogens (tertiary/aromatic N) is 1. The third-order valence-electron chi connectivity index (χ3n) is 4.26. The number of pyridine rings is 1. The molecule has 1 aliphatic heterocycles. The molecule has 7 nitrogen and oxygen atoms in total. The predicted octanol–water partition coefficient (Wildman–Crippen LogP) is 2.76. The fourth-order valence-electron chi connectivity index (χ4n) is 2.95. The first-order chi connectivity index (χ1) is 13.1. The Labute approximate surface area is 157 Å². The van der Waals surface area contributed by atoms with E-state index in [0.717, 1.165) is 6.42 Å². The van der Waals surface area contributed by atoms with Crippen LogP contribution in [-0.2, 0) is 9.47 Å². The molecule has 3 rings (SSSR count). The number of aromatic amines is 1. The van der Waals surface area contributed by atoms with Gasteiger partial charge in [-0.1, -0.05) is 6.07 Å². The van der Waals surface area contributed by atoms with Gasteiger partial charge in [-0.15, -0.1) is 0 Å². The normalized spacial score (nSPS) is 14.6. The number of aromatic nitrogens is 1. The standard InChI is InChI=1S/C20H22N2O5/c1-13-10-15(16(12-21)20(23)22-13)14-4-5-17(24-2)18(11-14)25-9-6-19-26-7-3-8-27-19/h4-5,10-11,19H,3,6-9H2,1-2H3,(H,22,23). The van der Waals surface area contributed by atoms with Gasteiger partial charge in [0.15, 0.2) is 17.8 Å². The summed E-state index contributed by atoms with van der Waals surface area (Å²) in [5.41, 5.74) is 1.61. The molecule has 2 heterocycles. The molecular formula is C20H22N2O5. The Bertz CT molecular complexity index is 894. The summed E-state index contributed by atoms with van der Waals surface area (Å²) in [6, 6.07) is 9.08. The number of aryl methyl sites for hydroxylation is 1. The first kappa shape index (κ1) is 19.0. The molecule has 7 heteroatoms. The van der Waals surface area contributed by atoms with E-state index in [2.05, 4.69) is 4.98 Å². The number of methoxy groups -OCH3 is 1. The van der Waals surface area contributed by atoms with Crippen LogP contribution >= 0.6 is 0 Å². The van der Waals surface area contributed by atoms with Crippen LogP contribution < -0.4 is 15.0 Å². The summed E-state index contributed by atoms with van der Waals surface area (Å²) >= 11 is 0. The van der Waals surface area contributed by atoms with Crippen LogP contribution in [0.3, 0.4) is 0 Å². The van der Waals surface area contributed by atoms with E-state index in [0.29, 0.717) is 54.6 Å². The van der Waals surface area contributed by atoms with Gasteiger partial charge in [-0.25, -0.2) is 0 Å². The number of hydrogen-bond acceptors (Lipinski definition) is 6. The molecule has 1 aromatic carbocycles. The number of nitrogens with one attached hydrogen (secondary N) is 1. The van der Waals surface area contributed by atoms with E-state index < -0.39 is 5.56 Å². The Hall–Kier alpha value is -2.82. The van der Waals surface area contributed by atoms with Gasteiger partial charge in [-0.05, 0) is 37.1 Å². The molecule has 1 aromatic heterocycles. The quantitative estimate of drug-likeness (QED) is 0.840. The molecule has 1 aliphatic rings. The average Bonchev–Trinajstić information content (AvgIpc) is 2.68. The molecule has 0 saturated carbocycles. The van der Waals surface area contributed by atoms with E-state index in [1.54, 1.807) is 38.3 Å². The summed E-state index contributed by atoms with van der Waals surface area (Å²) in [4.78, 5) is 14.7. The topological polar surface area (TPSA) is 93.6 Å². The average molecular weight is 370 g/mol. The lowest BCUT2D eigenvalue weighted by Crippen LogP contribution is -2.26. The summed E-state index contributed by atoms with van der Waals surface area (Å²) in [5, 5.41) is 9.35. The zero-order valence-corrected chi connectivity index (χ0v) is 15.4. The maximum Gasteiger partial charge on any atom is 0.266 e. The van der Waals surface area contributed by atoms with Crippen molar-refractivity contribution in [2.24, 2.45) is 0 Å². The summed E-state index contributed by atoms with van der Waals surface area (Å²) < 4.78 is 22.3. The van der Waals surface area contributed by atoms with Crippen molar-refractivity contribution >= 4 is 0 Å². The Balaban J connectivity index is 1.83. The smallest absolute Gasteiger partial charge is 0.266 e. The largest absolute Gasteiger partial charge is 0.493 e. The van der Waals surface area contributed by atoms with Gasteiger partial charge in [0.2, 0.25) is 0 Å². The maximum atomic E-state index is 12.1. The second-order valence-electron chi connectivity index (χ2n) is 6.21. The first-order valence-corrected chi connectivity index (χ1v) is 8.81. The summed E-state index contributed by atoms with van der Waals surface area (Å²) in [5.74, 6) is 1.11. The summed E-state index contributed by atoms with van der Waals surface area (Å²) in [7, 11) is 1.56. The highest BCUT2D eigenvalue weighted by atomic mass is 16.7. The van der Waals surface area contributed by atoms with Crippen molar-refractivity contribution < 1.29 is 18.9 Å². The maximum absolute atomic E-state index is 12.1. The van der Waals surface area contributed by atoms with E-state index in [-0.39, 0.29) is 11.9 Å². The molecule has 1 N–H and O–H groups in total. The molecule has 0 spiro atoms. The zero-order valence-electron chi connectivity index (χ0n) is 15.4. The van der Waals surface area contributed by atoms with Gasteiger partial charge >= 0.3 is 0 Å². The van der Waals surface area contributed by atoms with Crippen LogP contribution in [0.5, 0.6) is 11.5 Å². The summed E-state index contributed by atoms with van der Waals surface area (Å²) in [6.07, 6.45) is 1.25. The molecule has 1 saturated heterocycles. The molecule has 0 bridgehead atoms. The summed E-state index contributed by atoms with van der Waals surface area (Å²) in [6.45, 7) is 3.56. The van der Waals surface area contributed by atoms with Crippen LogP contribution in [0.25, 0.3) is 11.1 Å². The number of hydrogen-bond donors (Lipinski definition) is 1. The highest BCUT2D eigenvalue weighted by Crippen LogP contribution is 2.33. The Morgan fingerprint density at radius 1 is 1.26 bits per heavy atom. The van der Waals surface area contributed by atoms with Crippen LogP contribution in [0.4, 0.5) is 0 Å². The molecule has 0 aliphatic carbocycles. The molecular weight excluding hydrogens is 348 g/mol. The van der Waals surface area contributed by atoms with Gasteiger partial charge in [0.1, 0.15) is 11.6 Å². The third-order valence-corrected chi connectivity index (χ3v) is 4.26. The van der Waals surface area contributed by atoms with Gasteiger partial charge in [0, 0.05) is 17.7 Å². The minimum atomic E-state index is -0.405. The number of rotatable bonds is 6. The van der Waals surface area contributed by atoms with Gasteiger partial charge in [0.05, 0.1) is 26.9 Å². The van der Waals surface area contributed by atoms with Crippen molar-refractivity contribution in [1.29, 1.82) is 5.26 Å². The number of nitriles is 1. The fraction of sp³-hybridized carbons (Fsp3) is 0.400. The molecule has 0 atom stereocenters. The third kappa shape index (κ3) is 4.48. The van der Waals surface area contributed by atoms with Crippen molar-refractivity contribution in [2.45, 2.75) is 26.1 Å². The zero-order chi connectivity index (χ0) is 19.2. The minimum absolute atomic E-state index is 0.0701. The lowest BCUT2D eigenvalue weighted by atomic mass is 10.0. The van der Waals surface area contributed by atoms with Crippen molar-refractivity contribution in [2.75, 3.05) is 26.9 Å². The lowest BCUT2D eigenvalue weighted by molar-refractivity contribution is -0.183. The Morgan fingerprint density at radius 2 is 2.04 bits per heavy atom. The fourth-order valence-corrected chi connectivity index (χ4v) is 2.95. The molecule has 27 heavy (non-hydrogen) atoms. The highest BCUT2D eigenvalue weighted by molar-refractivity contribution is 5.72. The van der Waals surface area contributed by atoms with Crippen LogP contribution in [0.1, 0.15) is 24.1 Å². The SMILES string of the molecule is COc1ccc(-c2cc(C)[nH]c(=O)c2C#N)cc1OCCC1OCCCO1. The number of H-pyrrole nitrogens is 1. The van der Waals surface area contributed by atoms with Crippen molar-refractivity contribution in [1.82, 2.24) is 4.98 Å². The second-order valence-corrected chi connectivity index (χ2v) is 6.21. The van der Waals surface area contributed by atoms with Gasteiger partial charge in [0.25, 0.3) is 5.56 Å². The minimum Gasteiger partial charge on any atom is -0.493 e. The van der Waals surface area contributed by atoms with Gasteiger partial charge in [-0.2, -0.15) is 5.26 Å². The molecule has 142 valence electrons. The Morgan fingerprint density at radius 3 is 2.74 bits per heavy atom. The van der Waals surface area contributed by atoms with Crippen molar-refractivity contribution in [3.63, 3.8) is 0 Å². The van der Waals surface area contributed by atoms with Crippen LogP contribution in [0, 0.1) is 18.3 Å². The van der Waals surface area contributed by atoms with E-state index in [1.807, 2.05) is 6.07 Å². The van der Waals surface area contributed by atoms with E-state index >= 15 is 0 Å². The van der Waals surface area contributed by atoms with Crippen LogP contribution in [0.15, 0.2) is 29.1 Å². The Kier molecular flexibility index (Phi) is 6.12. The van der Waals surface area contributed by atoms with E-state index in [4.69, 9.17) is 18.9 Å². The van der Waals surface area contributed by atoms with Gasteiger partial charge < -0.3 is 23.9 Å². The lowest BCUT2D eigenvalue weighted by Gasteiger charge is -2.23. The van der Waals surface area contributed by atoms with E-state index in [9.17, 15) is 10.1 Å². The van der Waals surface area contributed by atoms with Crippen molar-refractivity contribution in [3.05, 3.63) is 45.9 Å². The number of ether oxygens (including phenoxy) is 4. The van der Waals surface area contributed by atoms with Crippen molar-refractivity contribution in [3.8, 4) is 28.7 Å². The monoisotopic (exact) mass is 370 g/mol.